The number of carbonyl (C=O) groups is 1. The molecule has 1 amide bonds. The number of pyridine rings is 1. The first-order valence-corrected chi connectivity index (χ1v) is 12.2. The highest BCUT2D eigenvalue weighted by Gasteiger charge is 2.24. The first-order valence-electron chi connectivity index (χ1n) is 12.2. The van der Waals surface area contributed by atoms with E-state index in [0.29, 0.717) is 37.2 Å². The minimum Gasteiger partial charge on any atom is -0.493 e. The molecule has 0 bridgehead atoms. The van der Waals surface area contributed by atoms with Gasteiger partial charge in [-0.15, -0.1) is 12.3 Å². The topological polar surface area (TPSA) is 92.8 Å². The number of allylic oxidation sites excluding steroid dienone is 1. The molecule has 1 saturated heterocycles. The number of terminal acetylenes is 1. The van der Waals surface area contributed by atoms with Gasteiger partial charge in [-0.1, -0.05) is 0 Å². The van der Waals surface area contributed by atoms with E-state index in [1.54, 1.807) is 22.9 Å². The molecule has 0 aliphatic carbocycles. The lowest BCUT2D eigenvalue weighted by Gasteiger charge is -2.18. The van der Waals surface area contributed by atoms with Crippen LogP contribution < -0.4 is 20.3 Å². The number of nitrogens with one attached hydrogen (secondary N) is 1. The zero-order valence-corrected chi connectivity index (χ0v) is 22.5. The van der Waals surface area contributed by atoms with Crippen molar-refractivity contribution in [1.29, 1.82) is 0 Å². The first kappa shape index (κ1) is 29.1. The summed E-state index contributed by atoms with van der Waals surface area (Å²) in [6.45, 7) is 3.92. The zero-order valence-electron chi connectivity index (χ0n) is 22.5. The van der Waals surface area contributed by atoms with Gasteiger partial charge >= 0.3 is 0 Å². The van der Waals surface area contributed by atoms with Gasteiger partial charge in [0, 0.05) is 58.2 Å². The van der Waals surface area contributed by atoms with Crippen LogP contribution in [0, 0.1) is 24.0 Å². The van der Waals surface area contributed by atoms with Crippen LogP contribution in [0.1, 0.15) is 25.7 Å². The number of hydrogen-bond acceptors (Lipinski definition) is 7. The number of benzene rings is 1. The predicted molar refractivity (Wildman–Crippen MR) is 147 cm³/mol. The third-order valence-electron chi connectivity index (χ3n) is 5.92. The number of ether oxygens (including phenoxy) is 2. The largest absolute Gasteiger partial charge is 0.493 e. The van der Waals surface area contributed by atoms with Crippen LogP contribution in [-0.4, -0.2) is 62.7 Å². The SMILES string of the molecule is C#CC/C(=C\N(C)C)C/C=N\c1cc/c(=N\c2c(F)c(OC)cc(OC)c2F)n(CC2CCC(=O)N2)c1N=C. The third kappa shape index (κ3) is 7.10. The fourth-order valence-electron chi connectivity index (χ4n) is 4.16. The molecule has 1 N–H and O–H groups in total. The van der Waals surface area contributed by atoms with Crippen LogP contribution in [-0.2, 0) is 11.3 Å². The Hall–Kier alpha value is -4.46. The lowest BCUT2D eigenvalue weighted by atomic mass is 10.1. The Morgan fingerprint density at radius 1 is 1.28 bits per heavy atom. The second-order valence-electron chi connectivity index (χ2n) is 8.99. The van der Waals surface area contributed by atoms with Crippen molar-refractivity contribution in [3.63, 3.8) is 0 Å². The van der Waals surface area contributed by atoms with E-state index >= 15 is 8.78 Å². The van der Waals surface area contributed by atoms with Gasteiger partial charge in [0.05, 0.1) is 14.2 Å². The van der Waals surface area contributed by atoms with Crippen LogP contribution in [0.4, 0.5) is 26.0 Å². The Balaban J connectivity index is 2.16. The van der Waals surface area contributed by atoms with Crippen LogP contribution in [0.15, 0.2) is 44.9 Å². The summed E-state index contributed by atoms with van der Waals surface area (Å²) in [4.78, 5) is 26.8. The van der Waals surface area contributed by atoms with E-state index in [2.05, 4.69) is 32.9 Å². The molecular formula is C28H32F2N6O3. The number of amides is 1. The van der Waals surface area contributed by atoms with Gasteiger partial charge in [-0.3, -0.25) is 9.79 Å². The fourth-order valence-corrected chi connectivity index (χ4v) is 4.16. The molecule has 11 heteroatoms. The maximum atomic E-state index is 15.1. The summed E-state index contributed by atoms with van der Waals surface area (Å²) in [6, 6.07) is 4.07. The van der Waals surface area contributed by atoms with Crippen molar-refractivity contribution in [3.8, 4) is 23.8 Å². The number of halogens is 2. The Bertz CT molecular complexity index is 1380. The van der Waals surface area contributed by atoms with Crippen molar-refractivity contribution in [3.05, 3.63) is 47.1 Å². The zero-order chi connectivity index (χ0) is 28.5. The number of carbonyl (C=O) groups excluding carboxylic acids is 1. The van der Waals surface area contributed by atoms with Crippen LogP contribution in [0.2, 0.25) is 0 Å². The van der Waals surface area contributed by atoms with Gasteiger partial charge < -0.3 is 24.3 Å². The minimum absolute atomic E-state index is 0.0790. The summed E-state index contributed by atoms with van der Waals surface area (Å²) in [5, 5.41) is 2.89. The van der Waals surface area contributed by atoms with E-state index in [0.717, 1.165) is 11.6 Å². The van der Waals surface area contributed by atoms with Gasteiger partial charge in [-0.2, -0.15) is 0 Å². The number of nitrogens with zero attached hydrogens (tertiary/aromatic N) is 5. The molecule has 2 heterocycles. The smallest absolute Gasteiger partial charge is 0.220 e. The highest BCUT2D eigenvalue weighted by atomic mass is 19.1. The predicted octanol–water partition coefficient (Wildman–Crippen LogP) is 4.19. The average molecular weight is 539 g/mol. The number of rotatable bonds is 11. The molecule has 1 aromatic heterocycles. The van der Waals surface area contributed by atoms with E-state index in [1.165, 1.54) is 14.2 Å². The van der Waals surface area contributed by atoms with Gasteiger partial charge in [-0.25, -0.2) is 18.8 Å². The lowest BCUT2D eigenvalue weighted by Crippen LogP contribution is -2.34. The number of aromatic nitrogens is 1. The molecule has 0 saturated carbocycles. The molecular weight excluding hydrogens is 506 g/mol. The van der Waals surface area contributed by atoms with Crippen LogP contribution >= 0.6 is 0 Å². The molecule has 2 aromatic rings. The standard InChI is InChI=1S/C28H32F2N6O3/c1-7-8-18(16-35(3)4)13-14-32-20-10-11-23(36(28(20)31-2)17-19-9-12-24(37)33-19)34-27-25(29)21(38-5)15-22(39-6)26(27)30/h1,10-11,14-16,19H,2,8-9,12-13,17H2,3-6H3,(H,33,37)/b18-16+,32-14-,34-23+. The summed E-state index contributed by atoms with van der Waals surface area (Å²) < 4.78 is 41.9. The number of hydrogen-bond donors (Lipinski definition) is 1. The van der Waals surface area contributed by atoms with E-state index in [9.17, 15) is 4.79 Å². The number of aliphatic imine (C=N–C) groups is 2. The maximum absolute atomic E-state index is 15.1. The molecule has 39 heavy (non-hydrogen) atoms. The summed E-state index contributed by atoms with van der Waals surface area (Å²) in [6.07, 6.45) is 11.1. The molecule has 1 fully saturated rings. The molecule has 1 atom stereocenters. The van der Waals surface area contributed by atoms with Gasteiger partial charge in [0.15, 0.2) is 29.0 Å². The van der Waals surface area contributed by atoms with Gasteiger partial charge in [-0.05, 0) is 37.0 Å². The van der Waals surface area contributed by atoms with Gasteiger partial charge in [0.25, 0.3) is 0 Å². The average Bonchev–Trinajstić information content (AvgIpc) is 3.32. The van der Waals surface area contributed by atoms with Crippen molar-refractivity contribution in [2.24, 2.45) is 15.0 Å². The highest BCUT2D eigenvalue weighted by Crippen LogP contribution is 2.36. The van der Waals surface area contributed by atoms with E-state index < -0.39 is 17.3 Å². The molecule has 0 radical (unpaired) electrons. The van der Waals surface area contributed by atoms with Gasteiger partial charge in [0.2, 0.25) is 5.91 Å². The molecule has 1 unspecified atom stereocenters. The van der Waals surface area contributed by atoms with E-state index in [4.69, 9.17) is 15.9 Å². The minimum atomic E-state index is -0.986. The summed E-state index contributed by atoms with van der Waals surface area (Å²) in [7, 11) is 6.34. The normalized spacial score (nSPS) is 15.8. The first-order chi connectivity index (χ1) is 18.7. The quantitative estimate of drug-likeness (QED) is 0.343. The monoisotopic (exact) mass is 538 g/mol. The Morgan fingerprint density at radius 3 is 2.51 bits per heavy atom. The highest BCUT2D eigenvalue weighted by molar-refractivity contribution is 5.78. The second kappa shape index (κ2) is 13.4. The Kier molecular flexibility index (Phi) is 9.98. The second-order valence-corrected chi connectivity index (χ2v) is 8.99. The summed E-state index contributed by atoms with van der Waals surface area (Å²) >= 11 is 0. The lowest BCUT2D eigenvalue weighted by molar-refractivity contribution is -0.119. The van der Waals surface area contributed by atoms with Crippen molar-refractivity contribution < 1.29 is 23.0 Å². The van der Waals surface area contributed by atoms with Crippen molar-refractivity contribution in [2.75, 3.05) is 28.3 Å². The summed E-state index contributed by atoms with van der Waals surface area (Å²) in [5.74, 6) is 0.459. The molecule has 206 valence electrons. The van der Waals surface area contributed by atoms with Crippen molar-refractivity contribution >= 4 is 36.0 Å². The fraction of sp³-hybridized carbons (Fsp3) is 0.357. The Labute approximate surface area is 226 Å². The van der Waals surface area contributed by atoms with Crippen LogP contribution in [0.25, 0.3) is 0 Å². The van der Waals surface area contributed by atoms with Crippen molar-refractivity contribution in [2.45, 2.75) is 38.3 Å². The van der Waals surface area contributed by atoms with Crippen LogP contribution in [0.5, 0.6) is 11.5 Å². The van der Waals surface area contributed by atoms with Crippen LogP contribution in [0.3, 0.4) is 0 Å². The molecule has 3 rings (SSSR count). The molecule has 1 aliphatic heterocycles. The molecule has 0 spiro atoms. The van der Waals surface area contributed by atoms with Gasteiger partial charge in [0.1, 0.15) is 16.9 Å². The van der Waals surface area contributed by atoms with Crippen molar-refractivity contribution in [1.82, 2.24) is 14.8 Å². The Morgan fingerprint density at radius 2 is 1.97 bits per heavy atom. The third-order valence-corrected chi connectivity index (χ3v) is 5.92. The summed E-state index contributed by atoms with van der Waals surface area (Å²) in [5.41, 5.74) is 1.04. The molecule has 1 aromatic carbocycles. The van der Waals surface area contributed by atoms with E-state index in [-0.39, 0.29) is 35.5 Å². The molecule has 1 aliphatic rings. The number of methoxy groups -OCH3 is 2. The maximum Gasteiger partial charge on any atom is 0.220 e. The van der Waals surface area contributed by atoms with E-state index in [1.807, 2.05) is 25.2 Å². The molecule has 9 nitrogen and oxygen atoms in total.